The van der Waals surface area contributed by atoms with Crippen LogP contribution < -0.4 is 4.72 Å². The zero-order chi connectivity index (χ0) is 14.0. The number of halogens is 2. The number of sulfonamides is 1. The Hall–Kier alpha value is -1.73. The summed E-state index contributed by atoms with van der Waals surface area (Å²) in [5.74, 6) is -0.405. The van der Waals surface area contributed by atoms with Gasteiger partial charge in [-0.15, -0.1) is 0 Å². The highest BCUT2D eigenvalue weighted by Crippen LogP contribution is 2.18. The number of nitrogens with one attached hydrogen (secondary N) is 1. The summed E-state index contributed by atoms with van der Waals surface area (Å²) in [6.45, 7) is 1.54. The summed E-state index contributed by atoms with van der Waals surface area (Å²) in [7, 11) is -3.82. The average Bonchev–Trinajstić information content (AvgIpc) is 2.34. The van der Waals surface area contributed by atoms with Crippen molar-refractivity contribution in [2.45, 2.75) is 11.8 Å². The van der Waals surface area contributed by atoms with Crippen LogP contribution in [0.4, 0.5) is 10.1 Å². The lowest BCUT2D eigenvalue weighted by molar-refractivity contribution is 0.600. The van der Waals surface area contributed by atoms with Crippen LogP contribution >= 0.6 is 11.6 Å². The molecule has 19 heavy (non-hydrogen) atoms. The van der Waals surface area contributed by atoms with Crippen LogP contribution in [-0.2, 0) is 10.0 Å². The number of benzene rings is 1. The largest absolute Gasteiger partial charge is 0.280 e. The Bertz CT molecular complexity index is 704. The number of nitrogens with zero attached hydrogens (tertiary/aromatic N) is 2. The topological polar surface area (TPSA) is 72.0 Å². The quantitative estimate of drug-likeness (QED) is 0.884. The zero-order valence-corrected chi connectivity index (χ0v) is 11.3. The van der Waals surface area contributed by atoms with Crippen molar-refractivity contribution >= 4 is 27.3 Å². The Morgan fingerprint density at radius 1 is 1.26 bits per heavy atom. The Morgan fingerprint density at radius 2 is 1.89 bits per heavy atom. The molecule has 0 aliphatic carbocycles. The third-order valence-corrected chi connectivity index (χ3v) is 3.85. The first-order chi connectivity index (χ1) is 8.88. The average molecular weight is 302 g/mol. The van der Waals surface area contributed by atoms with E-state index in [4.69, 9.17) is 11.6 Å². The molecule has 0 amide bonds. The normalized spacial score (nSPS) is 11.3. The van der Waals surface area contributed by atoms with Gasteiger partial charge in [-0.1, -0.05) is 0 Å². The molecular formula is C11H9ClFN3O2S. The van der Waals surface area contributed by atoms with Gasteiger partial charge in [-0.05, 0) is 42.3 Å². The smallest absolute Gasteiger partial charge is 0.264 e. The van der Waals surface area contributed by atoms with Gasteiger partial charge in [0.1, 0.15) is 10.7 Å². The van der Waals surface area contributed by atoms with Crippen LogP contribution in [0.25, 0.3) is 0 Å². The molecule has 0 saturated carbocycles. The van der Waals surface area contributed by atoms with Crippen molar-refractivity contribution in [2.24, 2.45) is 0 Å². The van der Waals surface area contributed by atoms with Crippen molar-refractivity contribution in [3.05, 3.63) is 47.3 Å². The van der Waals surface area contributed by atoms with Crippen molar-refractivity contribution < 1.29 is 12.8 Å². The molecule has 0 saturated heterocycles. The number of hydrogen-bond donors (Lipinski definition) is 1. The highest BCUT2D eigenvalue weighted by atomic mass is 35.5. The number of aryl methyl sites for hydroxylation is 1. The van der Waals surface area contributed by atoms with E-state index in [-0.39, 0.29) is 15.9 Å². The Morgan fingerprint density at radius 3 is 2.47 bits per heavy atom. The molecule has 0 unspecified atom stereocenters. The molecule has 0 bridgehead atoms. The van der Waals surface area contributed by atoms with Crippen LogP contribution in [0, 0.1) is 12.7 Å². The summed E-state index contributed by atoms with van der Waals surface area (Å²) in [4.78, 5) is 7.06. The first kappa shape index (κ1) is 13.7. The molecular weight excluding hydrogens is 293 g/mol. The molecule has 5 nitrogen and oxygen atoms in total. The number of hydrogen-bond acceptors (Lipinski definition) is 4. The molecule has 1 heterocycles. The second-order valence-corrected chi connectivity index (χ2v) is 5.78. The van der Waals surface area contributed by atoms with Crippen LogP contribution in [-0.4, -0.2) is 18.4 Å². The van der Waals surface area contributed by atoms with Gasteiger partial charge in [0.05, 0.1) is 12.4 Å². The molecule has 0 radical (unpaired) electrons. The molecule has 0 fully saturated rings. The minimum Gasteiger partial charge on any atom is -0.280 e. The van der Waals surface area contributed by atoms with Crippen molar-refractivity contribution in [3.63, 3.8) is 0 Å². The van der Waals surface area contributed by atoms with Crippen LogP contribution in [0.15, 0.2) is 35.5 Å². The van der Waals surface area contributed by atoms with Gasteiger partial charge in [0.25, 0.3) is 10.0 Å². The van der Waals surface area contributed by atoms with Gasteiger partial charge in [-0.2, -0.15) is 0 Å². The van der Waals surface area contributed by atoms with Crippen molar-refractivity contribution in [2.75, 3.05) is 4.72 Å². The van der Waals surface area contributed by atoms with E-state index < -0.39 is 15.8 Å². The van der Waals surface area contributed by atoms with E-state index in [0.29, 0.717) is 5.56 Å². The predicted molar refractivity (Wildman–Crippen MR) is 69.0 cm³/mol. The minimum atomic E-state index is -3.82. The van der Waals surface area contributed by atoms with Gasteiger partial charge >= 0.3 is 0 Å². The molecule has 2 aromatic rings. The van der Waals surface area contributed by atoms with Gasteiger partial charge in [0.15, 0.2) is 0 Å². The van der Waals surface area contributed by atoms with E-state index in [1.807, 2.05) is 0 Å². The summed E-state index contributed by atoms with van der Waals surface area (Å²) in [6, 6.07) is 3.91. The monoisotopic (exact) mass is 301 g/mol. The van der Waals surface area contributed by atoms with Gasteiger partial charge in [-0.3, -0.25) is 4.72 Å². The third-order valence-electron chi connectivity index (χ3n) is 2.32. The SMILES string of the molecule is Cc1cc(NS(=O)(=O)c2cnc(Cl)nc2)ccc1F. The third kappa shape index (κ3) is 3.18. The van der Waals surface area contributed by atoms with E-state index in [0.717, 1.165) is 12.4 Å². The lowest BCUT2D eigenvalue weighted by atomic mass is 10.2. The first-order valence-electron chi connectivity index (χ1n) is 5.15. The second-order valence-electron chi connectivity index (χ2n) is 3.76. The van der Waals surface area contributed by atoms with Crippen molar-refractivity contribution in [3.8, 4) is 0 Å². The Kier molecular flexibility index (Phi) is 3.68. The van der Waals surface area contributed by atoms with Gasteiger partial charge < -0.3 is 0 Å². The lowest BCUT2D eigenvalue weighted by Gasteiger charge is -2.08. The summed E-state index contributed by atoms with van der Waals surface area (Å²) in [6.07, 6.45) is 2.18. The second kappa shape index (κ2) is 5.10. The van der Waals surface area contributed by atoms with Crippen LogP contribution in [0.2, 0.25) is 5.28 Å². The molecule has 1 N–H and O–H groups in total. The summed E-state index contributed by atoms with van der Waals surface area (Å²) in [5, 5.41) is -0.0448. The highest BCUT2D eigenvalue weighted by molar-refractivity contribution is 7.92. The number of aromatic nitrogens is 2. The minimum absolute atomic E-state index is 0.0448. The maximum atomic E-state index is 13.1. The maximum absolute atomic E-state index is 13.1. The molecule has 0 aliphatic rings. The first-order valence-corrected chi connectivity index (χ1v) is 7.01. The summed E-state index contributed by atoms with van der Waals surface area (Å²) < 4.78 is 39.4. The molecule has 8 heteroatoms. The van der Waals surface area contributed by atoms with E-state index >= 15 is 0 Å². The fourth-order valence-corrected chi connectivity index (χ4v) is 2.40. The Balaban J connectivity index is 2.30. The molecule has 1 aromatic carbocycles. The van der Waals surface area contributed by atoms with Crippen molar-refractivity contribution in [1.82, 2.24) is 9.97 Å². The standard InChI is InChI=1S/C11H9ClFN3O2S/c1-7-4-8(2-3-10(7)13)16-19(17,18)9-5-14-11(12)15-6-9/h2-6,16H,1H3. The highest BCUT2D eigenvalue weighted by Gasteiger charge is 2.15. The van der Waals surface area contributed by atoms with Crippen LogP contribution in [0.5, 0.6) is 0 Å². The zero-order valence-electron chi connectivity index (χ0n) is 9.76. The lowest BCUT2D eigenvalue weighted by Crippen LogP contribution is -2.13. The Labute approximate surface area is 114 Å². The number of anilines is 1. The molecule has 0 aliphatic heterocycles. The summed E-state index contributed by atoms with van der Waals surface area (Å²) in [5.41, 5.74) is 0.599. The molecule has 1 aromatic heterocycles. The summed E-state index contributed by atoms with van der Waals surface area (Å²) >= 11 is 5.48. The molecule has 100 valence electrons. The van der Waals surface area contributed by atoms with E-state index in [9.17, 15) is 12.8 Å². The van der Waals surface area contributed by atoms with Gasteiger partial charge in [0, 0.05) is 5.69 Å². The predicted octanol–water partition coefficient (Wildman–Crippen LogP) is 2.38. The van der Waals surface area contributed by atoms with Crippen LogP contribution in [0.3, 0.4) is 0 Å². The van der Waals surface area contributed by atoms with E-state index in [1.54, 1.807) is 6.92 Å². The number of rotatable bonds is 3. The maximum Gasteiger partial charge on any atom is 0.264 e. The van der Waals surface area contributed by atoms with Gasteiger partial charge in [0.2, 0.25) is 5.28 Å². The molecule has 2 rings (SSSR count). The fraction of sp³-hybridized carbons (Fsp3) is 0.0909. The van der Waals surface area contributed by atoms with Crippen LogP contribution in [0.1, 0.15) is 5.56 Å². The van der Waals surface area contributed by atoms with E-state index in [1.165, 1.54) is 18.2 Å². The van der Waals surface area contributed by atoms with Crippen molar-refractivity contribution in [1.29, 1.82) is 0 Å². The molecule has 0 spiro atoms. The van der Waals surface area contributed by atoms with Gasteiger partial charge in [-0.25, -0.2) is 22.8 Å². The molecule has 0 atom stereocenters. The van der Waals surface area contributed by atoms with E-state index in [2.05, 4.69) is 14.7 Å². The fourth-order valence-electron chi connectivity index (χ4n) is 1.36.